The number of amides is 2. The summed E-state index contributed by atoms with van der Waals surface area (Å²) in [4.78, 5) is 23.7. The van der Waals surface area contributed by atoms with Crippen LogP contribution in [-0.4, -0.2) is 25.5 Å². The van der Waals surface area contributed by atoms with Gasteiger partial charge in [-0.3, -0.25) is 20.4 Å². The second-order valence-corrected chi connectivity index (χ2v) is 6.16. The van der Waals surface area contributed by atoms with E-state index in [1.54, 1.807) is 43.5 Å². The molecule has 0 aliphatic heterocycles. The Morgan fingerprint density at radius 3 is 2.12 bits per heavy atom. The van der Waals surface area contributed by atoms with Crippen molar-refractivity contribution in [3.63, 3.8) is 0 Å². The Hall–Kier alpha value is -2.73. The van der Waals surface area contributed by atoms with Crippen LogP contribution in [0.2, 0.25) is 5.02 Å². The van der Waals surface area contributed by atoms with Gasteiger partial charge in [-0.2, -0.15) is 0 Å². The maximum Gasteiger partial charge on any atom is 0.276 e. The molecule has 0 heterocycles. The minimum atomic E-state index is -0.460. The lowest BCUT2D eigenvalue weighted by molar-refractivity contribution is -0.129. The molecule has 0 aliphatic rings. The first-order valence-electron chi connectivity index (χ1n) is 7.99. The maximum atomic E-state index is 11.9. The molecule has 0 atom stereocenters. The zero-order valence-electron chi connectivity index (χ0n) is 14.9. The summed E-state index contributed by atoms with van der Waals surface area (Å²) in [6.07, 6.45) is 0.140. The van der Waals surface area contributed by atoms with Gasteiger partial charge in [0.2, 0.25) is 5.91 Å². The van der Waals surface area contributed by atoms with Crippen molar-refractivity contribution in [2.75, 3.05) is 13.7 Å². The van der Waals surface area contributed by atoms with Gasteiger partial charge in [0.15, 0.2) is 6.61 Å². The molecule has 6 nitrogen and oxygen atoms in total. The number of rotatable bonds is 6. The van der Waals surface area contributed by atoms with Gasteiger partial charge in [0.05, 0.1) is 13.5 Å². The number of hydrogen-bond donors (Lipinski definition) is 2. The molecule has 2 amide bonds. The highest BCUT2D eigenvalue weighted by Crippen LogP contribution is 2.25. The summed E-state index contributed by atoms with van der Waals surface area (Å²) in [5, 5.41) is 0.674. The third-order valence-corrected chi connectivity index (χ3v) is 4.24. The van der Waals surface area contributed by atoms with Gasteiger partial charge in [-0.15, -0.1) is 0 Å². The van der Waals surface area contributed by atoms with E-state index in [0.717, 1.165) is 16.7 Å². The molecule has 0 saturated heterocycles. The molecule has 138 valence electrons. The molecule has 2 rings (SSSR count). The highest BCUT2D eigenvalue weighted by atomic mass is 35.5. The number of nitrogens with one attached hydrogen (secondary N) is 2. The molecule has 2 aromatic rings. The summed E-state index contributed by atoms with van der Waals surface area (Å²) < 4.78 is 10.5. The average Bonchev–Trinajstić information content (AvgIpc) is 2.63. The normalized spacial score (nSPS) is 10.2. The first kappa shape index (κ1) is 19.6. The molecule has 0 unspecified atom stereocenters. The zero-order valence-corrected chi connectivity index (χ0v) is 15.6. The summed E-state index contributed by atoms with van der Waals surface area (Å²) >= 11 is 6.09. The lowest BCUT2D eigenvalue weighted by Crippen LogP contribution is -2.44. The van der Waals surface area contributed by atoms with Gasteiger partial charge in [-0.1, -0.05) is 23.7 Å². The van der Waals surface area contributed by atoms with Crippen molar-refractivity contribution in [1.82, 2.24) is 10.9 Å². The third kappa shape index (κ3) is 5.67. The van der Waals surface area contributed by atoms with Crippen LogP contribution in [0.1, 0.15) is 16.7 Å². The minimum absolute atomic E-state index is 0.140. The fourth-order valence-corrected chi connectivity index (χ4v) is 2.40. The van der Waals surface area contributed by atoms with Crippen LogP contribution in [0.4, 0.5) is 0 Å². The highest BCUT2D eigenvalue weighted by molar-refractivity contribution is 6.32. The van der Waals surface area contributed by atoms with Gasteiger partial charge >= 0.3 is 0 Å². The number of hydrogen-bond acceptors (Lipinski definition) is 4. The SMILES string of the molecule is COc1ccc(CC(=O)NNC(=O)COc2cc(C)c(Cl)c(C)c2)cc1. The van der Waals surface area contributed by atoms with E-state index >= 15 is 0 Å². The van der Waals surface area contributed by atoms with E-state index in [1.165, 1.54) is 0 Å². The summed E-state index contributed by atoms with van der Waals surface area (Å²) in [6, 6.07) is 10.6. The van der Waals surface area contributed by atoms with Crippen LogP contribution >= 0.6 is 11.6 Å². The second-order valence-electron chi connectivity index (χ2n) is 5.78. The average molecular weight is 377 g/mol. The van der Waals surface area contributed by atoms with Crippen LogP contribution in [-0.2, 0) is 16.0 Å². The molecule has 7 heteroatoms. The number of ether oxygens (including phenoxy) is 2. The maximum absolute atomic E-state index is 11.9. The van der Waals surface area contributed by atoms with E-state index in [1.807, 2.05) is 13.8 Å². The van der Waals surface area contributed by atoms with Gasteiger partial charge in [0, 0.05) is 5.02 Å². The molecular weight excluding hydrogens is 356 g/mol. The Balaban J connectivity index is 1.76. The topological polar surface area (TPSA) is 76.7 Å². The van der Waals surface area contributed by atoms with Crippen LogP contribution in [0.15, 0.2) is 36.4 Å². The highest BCUT2D eigenvalue weighted by Gasteiger charge is 2.08. The lowest BCUT2D eigenvalue weighted by Gasteiger charge is -2.11. The fraction of sp³-hybridized carbons (Fsp3) is 0.263. The van der Waals surface area contributed by atoms with Gasteiger partial charge in [0.25, 0.3) is 5.91 Å². The molecule has 2 aromatic carbocycles. The Labute approximate surface area is 157 Å². The number of carbonyl (C=O) groups excluding carboxylic acids is 2. The smallest absolute Gasteiger partial charge is 0.276 e. The Morgan fingerprint density at radius 2 is 1.54 bits per heavy atom. The van der Waals surface area contributed by atoms with Gasteiger partial charge in [0.1, 0.15) is 11.5 Å². The lowest BCUT2D eigenvalue weighted by atomic mass is 10.1. The fourth-order valence-electron chi connectivity index (χ4n) is 2.29. The van der Waals surface area contributed by atoms with Gasteiger partial charge in [-0.25, -0.2) is 0 Å². The van der Waals surface area contributed by atoms with E-state index < -0.39 is 5.91 Å². The monoisotopic (exact) mass is 376 g/mol. The molecule has 0 radical (unpaired) electrons. The standard InChI is InChI=1S/C19H21ClN2O4/c1-12-8-16(9-13(2)19(12)20)26-11-18(24)22-21-17(23)10-14-4-6-15(25-3)7-5-14/h4-9H,10-11H2,1-3H3,(H,21,23)(H,22,24). The third-order valence-electron chi connectivity index (χ3n) is 3.64. The van der Waals surface area contributed by atoms with Crippen molar-refractivity contribution < 1.29 is 19.1 Å². The molecule has 0 spiro atoms. The summed E-state index contributed by atoms with van der Waals surface area (Å²) in [6.45, 7) is 3.51. The van der Waals surface area contributed by atoms with Crippen LogP contribution in [0.3, 0.4) is 0 Å². The van der Waals surface area contributed by atoms with E-state index in [4.69, 9.17) is 21.1 Å². The van der Waals surface area contributed by atoms with Crippen molar-refractivity contribution in [2.24, 2.45) is 0 Å². The van der Waals surface area contributed by atoms with Crippen LogP contribution in [0.5, 0.6) is 11.5 Å². The Kier molecular flexibility index (Phi) is 6.86. The number of benzene rings is 2. The first-order valence-corrected chi connectivity index (χ1v) is 8.37. The van der Waals surface area contributed by atoms with Gasteiger partial charge in [-0.05, 0) is 54.8 Å². The van der Waals surface area contributed by atoms with E-state index in [2.05, 4.69) is 10.9 Å². The van der Waals surface area contributed by atoms with Crippen molar-refractivity contribution in [1.29, 1.82) is 0 Å². The predicted molar refractivity (Wildman–Crippen MR) is 99.4 cm³/mol. The minimum Gasteiger partial charge on any atom is -0.497 e. The van der Waals surface area contributed by atoms with Crippen LogP contribution in [0, 0.1) is 13.8 Å². The molecular formula is C19H21ClN2O4. The van der Waals surface area contributed by atoms with Crippen molar-refractivity contribution in [3.8, 4) is 11.5 Å². The van der Waals surface area contributed by atoms with E-state index in [-0.39, 0.29) is 18.9 Å². The van der Waals surface area contributed by atoms with Crippen molar-refractivity contribution in [3.05, 3.63) is 58.1 Å². The van der Waals surface area contributed by atoms with Crippen LogP contribution in [0.25, 0.3) is 0 Å². The summed E-state index contributed by atoms with van der Waals surface area (Å²) in [5.74, 6) is 0.469. The molecule has 26 heavy (non-hydrogen) atoms. The number of aryl methyl sites for hydroxylation is 2. The summed E-state index contributed by atoms with van der Waals surface area (Å²) in [5.41, 5.74) is 7.23. The zero-order chi connectivity index (χ0) is 19.1. The van der Waals surface area contributed by atoms with Crippen molar-refractivity contribution >= 4 is 23.4 Å². The summed E-state index contributed by atoms with van der Waals surface area (Å²) in [7, 11) is 1.58. The Bertz CT molecular complexity index is 768. The number of methoxy groups -OCH3 is 1. The first-order chi connectivity index (χ1) is 12.4. The predicted octanol–water partition coefficient (Wildman–Crippen LogP) is 2.73. The van der Waals surface area contributed by atoms with E-state index in [9.17, 15) is 9.59 Å². The van der Waals surface area contributed by atoms with Crippen molar-refractivity contribution in [2.45, 2.75) is 20.3 Å². The van der Waals surface area contributed by atoms with Gasteiger partial charge < -0.3 is 9.47 Å². The quantitative estimate of drug-likeness (QED) is 0.760. The van der Waals surface area contributed by atoms with E-state index in [0.29, 0.717) is 16.5 Å². The number of hydrazine groups is 1. The van der Waals surface area contributed by atoms with Crippen LogP contribution < -0.4 is 20.3 Å². The molecule has 0 saturated carbocycles. The molecule has 0 fully saturated rings. The number of carbonyl (C=O) groups is 2. The molecule has 0 aromatic heterocycles. The molecule has 0 aliphatic carbocycles. The number of halogens is 1. The second kappa shape index (κ2) is 9.10. The molecule has 0 bridgehead atoms. The molecule has 2 N–H and O–H groups in total. The Morgan fingerprint density at radius 1 is 0.962 bits per heavy atom. The largest absolute Gasteiger partial charge is 0.497 e.